The molecule has 2 rings (SSSR count). The van der Waals surface area contributed by atoms with E-state index in [9.17, 15) is 4.55 Å². The van der Waals surface area contributed by atoms with Crippen molar-refractivity contribution in [3.8, 4) is 0 Å². The van der Waals surface area contributed by atoms with Crippen molar-refractivity contribution in [2.24, 2.45) is 4.99 Å². The third-order valence-electron chi connectivity index (χ3n) is 3.20. The van der Waals surface area contributed by atoms with E-state index in [1.54, 1.807) is 19.4 Å². The van der Waals surface area contributed by atoms with Crippen LogP contribution >= 0.6 is 12.6 Å². The van der Waals surface area contributed by atoms with Crippen molar-refractivity contribution in [3.05, 3.63) is 30.1 Å². The Hall–Kier alpha value is -0.520. The highest BCUT2D eigenvalue weighted by atomic mass is 32.2. The summed E-state index contributed by atoms with van der Waals surface area (Å²) in [5.41, 5.74) is 0.966. The molecule has 1 aromatic rings. The van der Waals surface area contributed by atoms with E-state index in [0.717, 1.165) is 24.8 Å². The molecule has 92 valence electrons. The predicted molar refractivity (Wildman–Crippen MR) is 75.1 cm³/mol. The zero-order valence-corrected chi connectivity index (χ0v) is 11.5. The number of aromatic nitrogens is 1. The van der Waals surface area contributed by atoms with Crippen molar-refractivity contribution >= 4 is 28.8 Å². The van der Waals surface area contributed by atoms with Crippen LogP contribution in [0.15, 0.2) is 29.5 Å². The minimum atomic E-state index is -0.965. The van der Waals surface area contributed by atoms with Gasteiger partial charge in [0.2, 0.25) is 0 Å². The van der Waals surface area contributed by atoms with Crippen LogP contribution < -0.4 is 0 Å². The molecule has 0 N–H and O–H groups in total. The predicted octanol–water partition coefficient (Wildman–Crippen LogP) is 2.17. The lowest BCUT2D eigenvalue weighted by Crippen LogP contribution is -2.45. The van der Waals surface area contributed by atoms with E-state index in [1.165, 1.54) is 0 Å². The Morgan fingerprint density at radius 2 is 2.41 bits per heavy atom. The van der Waals surface area contributed by atoms with Gasteiger partial charge in [0.05, 0.1) is 0 Å². The van der Waals surface area contributed by atoms with Gasteiger partial charge in [0.15, 0.2) is 4.75 Å². The van der Waals surface area contributed by atoms with Gasteiger partial charge in [0.1, 0.15) is 10.8 Å². The molecular formula is C12H16N2OS2. The first-order valence-electron chi connectivity index (χ1n) is 5.67. The molecule has 5 heteroatoms. The van der Waals surface area contributed by atoms with Crippen molar-refractivity contribution in [1.29, 1.82) is 0 Å². The molecule has 0 bridgehead atoms. The molecule has 0 saturated carbocycles. The standard InChI is InChI=1S/C12H16N2OS2/c1-13-11(16)12(6-2-3-8-17(12)15)10-5-4-7-14-9-10/h4-5,7,9H,2-3,6,8H2,1H3,(H,13,16)/t12-,17-/m1/s1. The molecular weight excluding hydrogens is 252 g/mol. The van der Waals surface area contributed by atoms with Gasteiger partial charge in [-0.1, -0.05) is 6.07 Å². The highest BCUT2D eigenvalue weighted by Gasteiger charge is 2.49. The fraction of sp³-hybridized carbons (Fsp3) is 0.500. The number of thiol groups is 1. The average molecular weight is 268 g/mol. The van der Waals surface area contributed by atoms with Crippen LogP contribution in [0.3, 0.4) is 0 Å². The van der Waals surface area contributed by atoms with E-state index in [0.29, 0.717) is 10.8 Å². The monoisotopic (exact) mass is 268 g/mol. The zero-order chi connectivity index (χ0) is 12.3. The molecule has 1 fully saturated rings. The fourth-order valence-corrected chi connectivity index (χ4v) is 4.71. The molecule has 0 radical (unpaired) electrons. The Morgan fingerprint density at radius 1 is 1.59 bits per heavy atom. The van der Waals surface area contributed by atoms with E-state index in [-0.39, 0.29) is 0 Å². The summed E-state index contributed by atoms with van der Waals surface area (Å²) in [5.74, 6) is 0.717. The lowest BCUT2D eigenvalue weighted by molar-refractivity contribution is 0.518. The quantitative estimate of drug-likeness (QED) is 0.387. The third kappa shape index (κ3) is 2.23. The molecule has 0 spiro atoms. The van der Waals surface area contributed by atoms with E-state index < -0.39 is 15.9 Å². The molecule has 17 heavy (non-hydrogen) atoms. The summed E-state index contributed by atoms with van der Waals surface area (Å²) in [4.78, 5) is 8.30. The van der Waals surface area contributed by atoms with Crippen LogP contribution in [-0.2, 0) is 15.9 Å². The summed E-state index contributed by atoms with van der Waals surface area (Å²) in [6.45, 7) is 0. The average Bonchev–Trinajstić information content (AvgIpc) is 2.39. The van der Waals surface area contributed by atoms with Crippen LogP contribution in [-0.4, -0.2) is 27.4 Å². The highest BCUT2D eigenvalue weighted by Crippen LogP contribution is 2.42. The maximum absolute atomic E-state index is 12.5. The summed E-state index contributed by atoms with van der Waals surface area (Å²) < 4.78 is 11.9. The summed E-state index contributed by atoms with van der Waals surface area (Å²) in [7, 11) is 1.70. The van der Waals surface area contributed by atoms with Crippen LogP contribution in [0.5, 0.6) is 0 Å². The number of rotatable bonds is 2. The maximum Gasteiger partial charge on any atom is 0.198 e. The van der Waals surface area contributed by atoms with E-state index in [1.807, 2.05) is 12.1 Å². The topological polar surface area (TPSA) is 48.3 Å². The van der Waals surface area contributed by atoms with Gasteiger partial charge in [-0.25, -0.2) is 0 Å². The first-order chi connectivity index (χ1) is 8.21. The Morgan fingerprint density at radius 3 is 3.00 bits per heavy atom. The minimum absolute atomic E-state index is 0.537. The Bertz CT molecular complexity index is 410. The maximum atomic E-state index is 12.5. The van der Waals surface area contributed by atoms with Gasteiger partial charge in [0.25, 0.3) is 0 Å². The minimum Gasteiger partial charge on any atom is -0.615 e. The summed E-state index contributed by atoms with van der Waals surface area (Å²) in [5, 5.41) is 0.656. The molecule has 0 aliphatic carbocycles. The van der Waals surface area contributed by atoms with Crippen LogP contribution in [0.2, 0.25) is 0 Å². The smallest absolute Gasteiger partial charge is 0.198 e. The second-order valence-corrected chi connectivity index (χ2v) is 6.34. The Kier molecular flexibility index (Phi) is 4.12. The third-order valence-corrected chi connectivity index (χ3v) is 6.00. The van der Waals surface area contributed by atoms with Crippen molar-refractivity contribution in [1.82, 2.24) is 4.98 Å². The molecule has 1 aromatic heterocycles. The van der Waals surface area contributed by atoms with Gasteiger partial charge in [0, 0.05) is 31.4 Å². The molecule has 3 nitrogen and oxygen atoms in total. The Balaban J connectivity index is 2.51. The summed E-state index contributed by atoms with van der Waals surface area (Å²) in [6.07, 6.45) is 6.41. The molecule has 1 aliphatic rings. The Labute approximate surface area is 110 Å². The summed E-state index contributed by atoms with van der Waals surface area (Å²) >= 11 is 3.49. The highest BCUT2D eigenvalue weighted by molar-refractivity contribution is 8.02. The molecule has 1 saturated heterocycles. The first-order valence-corrected chi connectivity index (χ1v) is 7.43. The first kappa shape index (κ1) is 12.9. The van der Waals surface area contributed by atoms with Gasteiger partial charge in [-0.15, -0.1) is 12.6 Å². The van der Waals surface area contributed by atoms with E-state index in [4.69, 9.17) is 0 Å². The zero-order valence-electron chi connectivity index (χ0n) is 9.80. The van der Waals surface area contributed by atoms with Gasteiger partial charge in [-0.3, -0.25) is 9.98 Å². The van der Waals surface area contributed by atoms with Crippen molar-refractivity contribution in [3.63, 3.8) is 0 Å². The molecule has 1 aliphatic heterocycles. The van der Waals surface area contributed by atoms with Crippen LogP contribution in [0.4, 0.5) is 0 Å². The molecule has 2 heterocycles. The van der Waals surface area contributed by atoms with Crippen LogP contribution in [0, 0.1) is 0 Å². The molecule has 0 unspecified atom stereocenters. The number of aliphatic imine (C=N–C) groups is 1. The van der Waals surface area contributed by atoms with E-state index in [2.05, 4.69) is 22.6 Å². The fourth-order valence-electron chi connectivity index (χ4n) is 2.30. The number of nitrogens with zero attached hydrogens (tertiary/aromatic N) is 2. The van der Waals surface area contributed by atoms with Gasteiger partial charge >= 0.3 is 0 Å². The number of pyridine rings is 1. The van der Waals surface area contributed by atoms with Crippen molar-refractivity contribution in [2.75, 3.05) is 12.8 Å². The van der Waals surface area contributed by atoms with Gasteiger partial charge < -0.3 is 4.55 Å². The molecule has 0 amide bonds. The lowest BCUT2D eigenvalue weighted by Gasteiger charge is -2.38. The molecule has 0 aromatic carbocycles. The van der Waals surface area contributed by atoms with Gasteiger partial charge in [-0.2, -0.15) is 0 Å². The number of hydrogen-bond donors (Lipinski definition) is 1. The normalized spacial score (nSPS) is 30.3. The van der Waals surface area contributed by atoms with Crippen LogP contribution in [0.25, 0.3) is 0 Å². The second kappa shape index (κ2) is 5.42. The molecule has 2 atom stereocenters. The second-order valence-electron chi connectivity index (χ2n) is 4.12. The van der Waals surface area contributed by atoms with E-state index >= 15 is 0 Å². The lowest BCUT2D eigenvalue weighted by atomic mass is 9.94. The van der Waals surface area contributed by atoms with Gasteiger partial charge in [-0.05, 0) is 30.1 Å². The van der Waals surface area contributed by atoms with Crippen molar-refractivity contribution in [2.45, 2.75) is 24.0 Å². The number of hydrogen-bond acceptors (Lipinski definition) is 3. The SMILES string of the molecule is C/N=C(/S)[C@]1(c2cccnc2)CCCC[S@@+]1[O-]. The largest absolute Gasteiger partial charge is 0.615 e. The van der Waals surface area contributed by atoms with Crippen LogP contribution in [0.1, 0.15) is 24.8 Å². The van der Waals surface area contributed by atoms with Crippen molar-refractivity contribution < 1.29 is 4.55 Å². The summed E-state index contributed by atoms with van der Waals surface area (Å²) in [6, 6.07) is 3.84.